The van der Waals surface area contributed by atoms with Crippen LogP contribution in [0.15, 0.2) is 65.1 Å². The number of hydrogen-bond acceptors (Lipinski definition) is 2. The zero-order valence-electron chi connectivity index (χ0n) is 12.6. The quantitative estimate of drug-likeness (QED) is 0.630. The molecule has 0 aliphatic rings. The highest BCUT2D eigenvalue weighted by molar-refractivity contribution is 6.30. The molecule has 0 unspecified atom stereocenters. The zero-order chi connectivity index (χ0) is 18.0. The van der Waals surface area contributed by atoms with Gasteiger partial charge in [-0.05, 0) is 36.4 Å². The van der Waals surface area contributed by atoms with Crippen molar-refractivity contribution in [1.82, 2.24) is 0 Å². The number of carbonyl (C=O) groups excluding carboxylic acids is 1. The van der Waals surface area contributed by atoms with Gasteiger partial charge in [0, 0.05) is 10.6 Å². The minimum absolute atomic E-state index is 0.105. The Morgan fingerprint density at radius 3 is 2.48 bits per heavy atom. The number of furan rings is 1. The number of alkyl halides is 3. The lowest BCUT2D eigenvalue weighted by Gasteiger charge is -2.12. The monoisotopic (exact) mass is 365 g/mol. The fourth-order valence-electron chi connectivity index (χ4n) is 2.28. The van der Waals surface area contributed by atoms with Crippen molar-refractivity contribution in [3.63, 3.8) is 0 Å². The number of rotatable bonds is 3. The number of para-hydroxylation sites is 1. The molecule has 1 amide bonds. The topological polar surface area (TPSA) is 42.2 Å². The van der Waals surface area contributed by atoms with E-state index in [2.05, 4.69) is 5.32 Å². The summed E-state index contributed by atoms with van der Waals surface area (Å²) < 4.78 is 44.4. The van der Waals surface area contributed by atoms with Crippen LogP contribution in [-0.4, -0.2) is 5.91 Å². The van der Waals surface area contributed by atoms with Crippen molar-refractivity contribution in [2.24, 2.45) is 0 Å². The molecular formula is C18H11ClF3NO2. The van der Waals surface area contributed by atoms with Crippen LogP contribution in [0.3, 0.4) is 0 Å². The molecule has 0 saturated carbocycles. The van der Waals surface area contributed by atoms with E-state index >= 15 is 0 Å². The lowest BCUT2D eigenvalue weighted by atomic mass is 10.1. The summed E-state index contributed by atoms with van der Waals surface area (Å²) in [5, 5.41) is 2.73. The number of carbonyl (C=O) groups is 1. The predicted molar refractivity (Wildman–Crippen MR) is 88.6 cm³/mol. The third-order valence-corrected chi connectivity index (χ3v) is 3.65. The van der Waals surface area contributed by atoms with Gasteiger partial charge in [-0.15, -0.1) is 0 Å². The summed E-state index contributed by atoms with van der Waals surface area (Å²) in [7, 11) is 0. The van der Waals surface area contributed by atoms with E-state index in [-0.39, 0.29) is 11.4 Å². The zero-order valence-corrected chi connectivity index (χ0v) is 13.4. The maximum atomic E-state index is 13.0. The molecule has 3 rings (SSSR count). The minimum atomic E-state index is -4.57. The summed E-state index contributed by atoms with van der Waals surface area (Å²) in [6, 6.07) is 14.5. The minimum Gasteiger partial charge on any atom is -0.451 e. The Bertz CT molecular complexity index is 918. The summed E-state index contributed by atoms with van der Waals surface area (Å²) in [5.41, 5.74) is -0.604. The van der Waals surface area contributed by atoms with Gasteiger partial charge in [-0.2, -0.15) is 13.2 Å². The third kappa shape index (κ3) is 3.85. The Balaban J connectivity index is 1.84. The summed E-state index contributed by atoms with van der Waals surface area (Å²) >= 11 is 5.90. The van der Waals surface area contributed by atoms with Gasteiger partial charge in [-0.25, -0.2) is 0 Å². The SMILES string of the molecule is O=C(Nc1ccccc1C(F)(F)F)c1ccc(-c2cccc(Cl)c2)o1. The summed E-state index contributed by atoms with van der Waals surface area (Å²) in [4.78, 5) is 12.2. The molecule has 2 aromatic carbocycles. The molecule has 0 spiro atoms. The highest BCUT2D eigenvalue weighted by Crippen LogP contribution is 2.35. The Kier molecular flexibility index (Phi) is 4.55. The van der Waals surface area contributed by atoms with Gasteiger partial charge in [-0.1, -0.05) is 35.9 Å². The van der Waals surface area contributed by atoms with Crippen molar-refractivity contribution in [3.8, 4) is 11.3 Å². The fraction of sp³-hybridized carbons (Fsp3) is 0.0556. The van der Waals surface area contributed by atoms with Crippen molar-refractivity contribution in [3.05, 3.63) is 77.0 Å². The normalized spacial score (nSPS) is 11.4. The van der Waals surface area contributed by atoms with Crippen molar-refractivity contribution in [2.75, 3.05) is 5.32 Å². The van der Waals surface area contributed by atoms with Gasteiger partial charge in [-0.3, -0.25) is 4.79 Å². The van der Waals surface area contributed by atoms with Crippen molar-refractivity contribution >= 4 is 23.2 Å². The Labute approximate surface area is 146 Å². The highest BCUT2D eigenvalue weighted by atomic mass is 35.5. The van der Waals surface area contributed by atoms with Crippen LogP contribution >= 0.6 is 11.6 Å². The van der Waals surface area contributed by atoms with Crippen LogP contribution in [0.25, 0.3) is 11.3 Å². The first-order valence-corrected chi connectivity index (χ1v) is 7.56. The lowest BCUT2D eigenvalue weighted by molar-refractivity contribution is -0.136. The average Bonchev–Trinajstić information content (AvgIpc) is 3.04. The van der Waals surface area contributed by atoms with Gasteiger partial charge in [0.25, 0.3) is 5.91 Å². The molecule has 25 heavy (non-hydrogen) atoms. The van der Waals surface area contributed by atoms with Crippen LogP contribution in [-0.2, 0) is 6.18 Å². The molecule has 128 valence electrons. The van der Waals surface area contributed by atoms with Crippen LogP contribution in [0.4, 0.5) is 18.9 Å². The molecule has 3 nitrogen and oxygen atoms in total. The Hall–Kier alpha value is -2.73. The second kappa shape index (κ2) is 6.64. The molecule has 0 bridgehead atoms. The summed E-state index contributed by atoms with van der Waals surface area (Å²) in [6.07, 6.45) is -4.57. The number of anilines is 1. The first kappa shape index (κ1) is 17.1. The van der Waals surface area contributed by atoms with Crippen molar-refractivity contribution in [2.45, 2.75) is 6.18 Å². The molecule has 1 N–H and O–H groups in total. The smallest absolute Gasteiger partial charge is 0.418 e. The van der Waals surface area contributed by atoms with Gasteiger partial charge in [0.1, 0.15) is 5.76 Å². The van der Waals surface area contributed by atoms with Crippen LogP contribution < -0.4 is 5.32 Å². The largest absolute Gasteiger partial charge is 0.451 e. The van der Waals surface area contributed by atoms with Gasteiger partial charge in [0.05, 0.1) is 11.3 Å². The number of nitrogens with one attached hydrogen (secondary N) is 1. The Morgan fingerprint density at radius 2 is 1.76 bits per heavy atom. The predicted octanol–water partition coefficient (Wildman–Crippen LogP) is 5.87. The molecule has 1 aromatic heterocycles. The van der Waals surface area contributed by atoms with Crippen LogP contribution in [0.5, 0.6) is 0 Å². The van der Waals surface area contributed by atoms with Gasteiger partial charge < -0.3 is 9.73 Å². The molecule has 7 heteroatoms. The van der Waals surface area contributed by atoms with Crippen molar-refractivity contribution < 1.29 is 22.4 Å². The molecule has 3 aromatic rings. The maximum absolute atomic E-state index is 13.0. The molecule has 0 aliphatic heterocycles. The van der Waals surface area contributed by atoms with E-state index in [9.17, 15) is 18.0 Å². The van der Waals surface area contributed by atoms with Crippen LogP contribution in [0.2, 0.25) is 5.02 Å². The molecule has 0 fully saturated rings. The number of halogens is 4. The van der Waals surface area contributed by atoms with Gasteiger partial charge in [0.15, 0.2) is 5.76 Å². The maximum Gasteiger partial charge on any atom is 0.418 e. The van der Waals surface area contributed by atoms with Gasteiger partial charge >= 0.3 is 6.18 Å². The first-order valence-electron chi connectivity index (χ1n) is 7.18. The van der Waals surface area contributed by atoms with E-state index in [0.29, 0.717) is 16.3 Å². The molecule has 1 heterocycles. The molecular weight excluding hydrogens is 355 g/mol. The van der Waals surface area contributed by atoms with Gasteiger partial charge in [0.2, 0.25) is 0 Å². The average molecular weight is 366 g/mol. The van der Waals surface area contributed by atoms with E-state index in [0.717, 1.165) is 6.07 Å². The van der Waals surface area contributed by atoms with E-state index in [4.69, 9.17) is 16.0 Å². The summed E-state index contributed by atoms with van der Waals surface area (Å²) in [5.74, 6) is -0.492. The second-order valence-corrected chi connectivity index (χ2v) is 5.61. The van der Waals surface area contributed by atoms with E-state index in [1.54, 1.807) is 30.3 Å². The fourth-order valence-corrected chi connectivity index (χ4v) is 2.47. The number of benzene rings is 2. The van der Waals surface area contributed by atoms with Crippen LogP contribution in [0, 0.1) is 0 Å². The molecule has 0 aliphatic carbocycles. The standard InChI is InChI=1S/C18H11ClF3NO2/c19-12-5-3-4-11(10-12)15-8-9-16(25-15)17(24)23-14-7-2-1-6-13(14)18(20,21)22/h1-10H,(H,23,24). The highest BCUT2D eigenvalue weighted by Gasteiger charge is 2.33. The lowest BCUT2D eigenvalue weighted by Crippen LogP contribution is -2.16. The summed E-state index contributed by atoms with van der Waals surface area (Å²) in [6.45, 7) is 0. The molecule has 0 atom stereocenters. The Morgan fingerprint density at radius 1 is 1.00 bits per heavy atom. The molecule has 0 radical (unpaired) electrons. The molecule has 0 saturated heterocycles. The second-order valence-electron chi connectivity index (χ2n) is 5.17. The number of amides is 1. The van der Waals surface area contributed by atoms with E-state index in [1.807, 2.05) is 0 Å². The van der Waals surface area contributed by atoms with Crippen molar-refractivity contribution in [1.29, 1.82) is 0 Å². The van der Waals surface area contributed by atoms with E-state index in [1.165, 1.54) is 24.3 Å². The van der Waals surface area contributed by atoms with E-state index < -0.39 is 17.6 Å². The number of hydrogen-bond donors (Lipinski definition) is 1. The third-order valence-electron chi connectivity index (χ3n) is 3.42. The van der Waals surface area contributed by atoms with Crippen LogP contribution in [0.1, 0.15) is 16.1 Å². The first-order chi connectivity index (χ1) is 11.8.